The third kappa shape index (κ3) is 3.80. The van der Waals surface area contributed by atoms with Gasteiger partial charge in [0, 0.05) is 23.7 Å². The topological polar surface area (TPSA) is 61.8 Å². The fraction of sp³-hybridized carbons (Fsp3) is 0.500. The van der Waals surface area contributed by atoms with Gasteiger partial charge in [0.05, 0.1) is 5.56 Å². The highest BCUT2D eigenvalue weighted by Crippen LogP contribution is 2.30. The first-order chi connectivity index (χ1) is 9.19. The quantitative estimate of drug-likeness (QED) is 0.265. The summed E-state index contributed by atoms with van der Waals surface area (Å²) in [5.74, 6) is 1.14. The minimum atomic E-state index is 0.182. The lowest BCUT2D eigenvalue weighted by Gasteiger charge is -2.26. The molecule has 0 bridgehead atoms. The first-order valence-electron chi connectivity index (χ1n) is 6.68. The van der Waals surface area contributed by atoms with Gasteiger partial charge in [-0.25, -0.2) is 0 Å². The van der Waals surface area contributed by atoms with Crippen molar-refractivity contribution < 1.29 is 5.21 Å². The highest BCUT2D eigenvalue weighted by Gasteiger charge is 2.16. The van der Waals surface area contributed by atoms with Crippen LogP contribution >= 0.6 is 11.8 Å². The molecular formula is C14H23N3OS. The molecule has 19 heavy (non-hydrogen) atoms. The van der Waals surface area contributed by atoms with Gasteiger partial charge in [-0.05, 0) is 31.2 Å². The highest BCUT2D eigenvalue weighted by molar-refractivity contribution is 7.99. The van der Waals surface area contributed by atoms with Gasteiger partial charge >= 0.3 is 0 Å². The maximum absolute atomic E-state index is 9.02. The summed E-state index contributed by atoms with van der Waals surface area (Å²) in [4.78, 5) is 3.32. The van der Waals surface area contributed by atoms with Gasteiger partial charge in [-0.3, -0.25) is 0 Å². The standard InChI is InChI=1S/C14H23N3OS/c1-4-10-17(5-2)11-8-7-9-12(19-6-3)13(11)14(15)16-18/h7-9,18H,4-6,10H2,1-3H3,(H2,15,16). The second-order valence-corrected chi connectivity index (χ2v) is 5.45. The van der Waals surface area contributed by atoms with E-state index >= 15 is 0 Å². The predicted molar refractivity (Wildman–Crippen MR) is 83.5 cm³/mol. The van der Waals surface area contributed by atoms with Gasteiger partial charge in [-0.1, -0.05) is 25.1 Å². The Morgan fingerprint density at radius 3 is 2.63 bits per heavy atom. The fourth-order valence-corrected chi connectivity index (χ4v) is 2.92. The van der Waals surface area contributed by atoms with E-state index in [4.69, 9.17) is 10.9 Å². The predicted octanol–water partition coefficient (Wildman–Crippen LogP) is 3.13. The van der Waals surface area contributed by atoms with Crippen molar-refractivity contribution in [3.63, 3.8) is 0 Å². The van der Waals surface area contributed by atoms with Crippen molar-refractivity contribution in [1.29, 1.82) is 0 Å². The van der Waals surface area contributed by atoms with E-state index in [0.29, 0.717) is 0 Å². The Labute approximate surface area is 119 Å². The Balaban J connectivity index is 3.32. The van der Waals surface area contributed by atoms with Gasteiger partial charge in [0.25, 0.3) is 0 Å². The van der Waals surface area contributed by atoms with Crippen molar-refractivity contribution in [2.45, 2.75) is 32.1 Å². The molecular weight excluding hydrogens is 258 g/mol. The van der Waals surface area contributed by atoms with Gasteiger partial charge in [0.2, 0.25) is 0 Å². The average molecular weight is 281 g/mol. The lowest BCUT2D eigenvalue weighted by molar-refractivity contribution is 0.318. The number of nitrogens with two attached hydrogens (primary N) is 1. The summed E-state index contributed by atoms with van der Waals surface area (Å²) in [6.07, 6.45) is 1.06. The highest BCUT2D eigenvalue weighted by atomic mass is 32.2. The molecule has 0 saturated heterocycles. The summed E-state index contributed by atoms with van der Waals surface area (Å²) in [5.41, 5.74) is 7.75. The van der Waals surface area contributed by atoms with Crippen LogP contribution in [-0.4, -0.2) is 29.9 Å². The molecule has 0 amide bonds. The molecule has 0 radical (unpaired) electrons. The summed E-state index contributed by atoms with van der Waals surface area (Å²) in [5, 5.41) is 12.2. The van der Waals surface area contributed by atoms with E-state index in [9.17, 15) is 0 Å². The van der Waals surface area contributed by atoms with Crippen LogP contribution in [0.15, 0.2) is 28.3 Å². The lowest BCUT2D eigenvalue weighted by atomic mass is 10.1. The first kappa shape index (κ1) is 15.7. The number of amidine groups is 1. The third-order valence-electron chi connectivity index (χ3n) is 2.88. The molecule has 0 fully saturated rings. The second-order valence-electron chi connectivity index (χ2n) is 4.15. The van der Waals surface area contributed by atoms with Crippen molar-refractivity contribution in [3.05, 3.63) is 23.8 Å². The average Bonchev–Trinajstić information content (AvgIpc) is 2.44. The van der Waals surface area contributed by atoms with E-state index in [2.05, 4.69) is 30.8 Å². The number of rotatable bonds is 7. The van der Waals surface area contributed by atoms with Crippen LogP contribution in [0.3, 0.4) is 0 Å². The fourth-order valence-electron chi connectivity index (χ4n) is 2.09. The number of hydrogen-bond donors (Lipinski definition) is 2. The Kier molecular flexibility index (Phi) is 6.56. The van der Waals surface area contributed by atoms with E-state index < -0.39 is 0 Å². The van der Waals surface area contributed by atoms with Crippen LogP contribution in [-0.2, 0) is 0 Å². The molecule has 5 heteroatoms. The molecule has 1 rings (SSSR count). The normalized spacial score (nSPS) is 11.6. The molecule has 0 atom stereocenters. The Bertz CT molecular complexity index is 435. The largest absolute Gasteiger partial charge is 0.409 e. The molecule has 0 aromatic heterocycles. The Hall–Kier alpha value is -1.36. The monoisotopic (exact) mass is 281 g/mol. The van der Waals surface area contributed by atoms with Crippen LogP contribution < -0.4 is 10.6 Å². The summed E-state index contributed by atoms with van der Waals surface area (Å²) >= 11 is 1.71. The van der Waals surface area contributed by atoms with Crippen LogP contribution in [0.2, 0.25) is 0 Å². The van der Waals surface area contributed by atoms with Gasteiger partial charge < -0.3 is 15.8 Å². The van der Waals surface area contributed by atoms with E-state index in [0.717, 1.165) is 41.4 Å². The number of thioether (sulfide) groups is 1. The Morgan fingerprint density at radius 1 is 1.37 bits per heavy atom. The van der Waals surface area contributed by atoms with Crippen molar-refractivity contribution in [2.24, 2.45) is 10.9 Å². The van der Waals surface area contributed by atoms with Crippen molar-refractivity contribution >= 4 is 23.3 Å². The summed E-state index contributed by atoms with van der Waals surface area (Å²) in [6, 6.07) is 6.08. The molecule has 4 nitrogen and oxygen atoms in total. The zero-order chi connectivity index (χ0) is 14.3. The zero-order valence-electron chi connectivity index (χ0n) is 11.9. The summed E-state index contributed by atoms with van der Waals surface area (Å²) in [7, 11) is 0. The molecule has 0 aliphatic heterocycles. The van der Waals surface area contributed by atoms with Crippen molar-refractivity contribution in [3.8, 4) is 0 Å². The third-order valence-corrected chi connectivity index (χ3v) is 3.82. The maximum atomic E-state index is 9.02. The molecule has 0 heterocycles. The van der Waals surface area contributed by atoms with E-state index in [-0.39, 0.29) is 5.84 Å². The number of hydrogen-bond acceptors (Lipinski definition) is 4. The minimum absolute atomic E-state index is 0.182. The SMILES string of the molecule is CCCN(CC)c1cccc(SCC)c1/C(N)=N/O. The molecule has 1 aromatic carbocycles. The van der Waals surface area contributed by atoms with Gasteiger partial charge in [-0.2, -0.15) is 0 Å². The molecule has 0 spiro atoms. The van der Waals surface area contributed by atoms with Gasteiger partial charge in [0.15, 0.2) is 5.84 Å². The maximum Gasteiger partial charge on any atom is 0.173 e. The number of nitrogens with zero attached hydrogens (tertiary/aromatic N) is 2. The lowest BCUT2D eigenvalue weighted by Crippen LogP contribution is -2.27. The number of oxime groups is 1. The molecule has 0 aliphatic carbocycles. The minimum Gasteiger partial charge on any atom is -0.409 e. The summed E-state index contributed by atoms with van der Waals surface area (Å²) in [6.45, 7) is 8.22. The second kappa shape index (κ2) is 7.94. The smallest absolute Gasteiger partial charge is 0.173 e. The first-order valence-corrected chi connectivity index (χ1v) is 7.66. The number of benzene rings is 1. The van der Waals surface area contributed by atoms with Gasteiger partial charge in [0.1, 0.15) is 0 Å². The van der Waals surface area contributed by atoms with Crippen LogP contribution in [0.4, 0.5) is 5.69 Å². The van der Waals surface area contributed by atoms with E-state index in [1.807, 2.05) is 18.2 Å². The van der Waals surface area contributed by atoms with Crippen molar-refractivity contribution in [2.75, 3.05) is 23.7 Å². The van der Waals surface area contributed by atoms with Crippen LogP contribution in [0.5, 0.6) is 0 Å². The molecule has 106 valence electrons. The van der Waals surface area contributed by atoms with Crippen LogP contribution in [0.1, 0.15) is 32.8 Å². The van der Waals surface area contributed by atoms with Crippen LogP contribution in [0.25, 0.3) is 0 Å². The van der Waals surface area contributed by atoms with Gasteiger partial charge in [-0.15, -0.1) is 11.8 Å². The van der Waals surface area contributed by atoms with E-state index in [1.54, 1.807) is 11.8 Å². The van der Waals surface area contributed by atoms with E-state index in [1.165, 1.54) is 0 Å². The van der Waals surface area contributed by atoms with Crippen LogP contribution in [0, 0.1) is 0 Å². The zero-order valence-corrected chi connectivity index (χ0v) is 12.7. The molecule has 0 saturated carbocycles. The molecule has 0 unspecified atom stereocenters. The molecule has 3 N–H and O–H groups in total. The molecule has 0 aliphatic rings. The Morgan fingerprint density at radius 2 is 2.11 bits per heavy atom. The summed E-state index contributed by atoms with van der Waals surface area (Å²) < 4.78 is 0. The number of anilines is 1. The molecule has 1 aromatic rings. The van der Waals surface area contributed by atoms with Crippen molar-refractivity contribution in [1.82, 2.24) is 0 Å².